The molecule has 0 aromatic rings. The van der Waals surface area contributed by atoms with Crippen LogP contribution in [-0.4, -0.2) is 80.5 Å². The highest BCUT2D eigenvalue weighted by Gasteiger charge is 2.44. The first-order valence-electron chi connectivity index (χ1n) is 4.58. The summed E-state index contributed by atoms with van der Waals surface area (Å²) in [6.07, 6.45) is -3.61. The molecular weight excluding hydrogens is 206 g/mol. The van der Waals surface area contributed by atoms with Gasteiger partial charge in [0.15, 0.2) is 0 Å². The van der Waals surface area contributed by atoms with Gasteiger partial charge < -0.3 is 25.5 Å². The van der Waals surface area contributed by atoms with Crippen LogP contribution >= 0.6 is 0 Å². The predicted octanol–water partition coefficient (Wildman–Crippen LogP) is -3.17. The first-order chi connectivity index (χ1) is 6.97. The Morgan fingerprint density at radius 3 is 2.53 bits per heavy atom. The first-order valence-corrected chi connectivity index (χ1v) is 4.58. The number of aliphatic hydroxyl groups excluding tert-OH is 4. The second kappa shape index (κ2) is 4.86. The van der Waals surface area contributed by atoms with Gasteiger partial charge in [0, 0.05) is 6.54 Å². The van der Waals surface area contributed by atoms with Gasteiger partial charge in [0.05, 0.1) is 37.5 Å². The topological polar surface area (TPSA) is 121 Å². The lowest BCUT2D eigenvalue weighted by molar-refractivity contribution is -0.139. The number of carboxylic acids is 1. The Morgan fingerprint density at radius 2 is 2.07 bits per heavy atom. The molecule has 1 rings (SSSR count). The van der Waals surface area contributed by atoms with E-state index >= 15 is 0 Å². The summed E-state index contributed by atoms with van der Waals surface area (Å²) in [6, 6.07) is -0.943. The molecule has 0 spiro atoms. The predicted molar refractivity (Wildman–Crippen MR) is 48.1 cm³/mol. The van der Waals surface area contributed by atoms with E-state index < -0.39 is 43.5 Å². The Kier molecular flexibility index (Phi) is 4.00. The second-order valence-electron chi connectivity index (χ2n) is 3.62. The Labute approximate surface area is 86.2 Å². The van der Waals surface area contributed by atoms with Crippen molar-refractivity contribution in [3.8, 4) is 0 Å². The van der Waals surface area contributed by atoms with E-state index in [1.165, 1.54) is 4.90 Å². The Bertz CT molecular complexity index is 235. The molecule has 0 radical (unpaired) electrons. The molecule has 1 saturated heterocycles. The van der Waals surface area contributed by atoms with Crippen molar-refractivity contribution in [3.05, 3.63) is 0 Å². The highest BCUT2D eigenvalue weighted by atomic mass is 16.4. The van der Waals surface area contributed by atoms with Gasteiger partial charge in [-0.25, -0.2) is 0 Å². The van der Waals surface area contributed by atoms with E-state index in [9.17, 15) is 20.1 Å². The van der Waals surface area contributed by atoms with Gasteiger partial charge in [-0.1, -0.05) is 0 Å². The minimum atomic E-state index is -1.27. The van der Waals surface area contributed by atoms with Crippen LogP contribution in [0.25, 0.3) is 0 Å². The molecule has 1 unspecified atom stereocenters. The Morgan fingerprint density at radius 1 is 1.47 bits per heavy atom. The van der Waals surface area contributed by atoms with E-state index in [2.05, 4.69) is 0 Å². The molecule has 1 heterocycles. The number of hydrogen-bond donors (Lipinski definition) is 5. The number of rotatable bonds is 4. The molecule has 7 nitrogen and oxygen atoms in total. The van der Waals surface area contributed by atoms with Crippen LogP contribution in [0.3, 0.4) is 0 Å². The van der Waals surface area contributed by atoms with Gasteiger partial charge >= 0.3 is 5.97 Å². The van der Waals surface area contributed by atoms with Crippen LogP contribution in [0.1, 0.15) is 0 Å². The highest BCUT2D eigenvalue weighted by Crippen LogP contribution is 2.21. The first kappa shape index (κ1) is 12.3. The molecule has 0 saturated carbocycles. The standard InChI is InChI=1S/C8H15NO6/c10-3-5(12)7-8(15)4(11)1-9(7)2-6(13)14/h4-5,7-8,10-12,15H,1-3H2,(H,13,14)/t4-,5+,7?,8-/m1/s1. The number of nitrogens with zero attached hydrogens (tertiary/aromatic N) is 1. The lowest BCUT2D eigenvalue weighted by Gasteiger charge is -2.27. The van der Waals surface area contributed by atoms with Crippen LogP contribution in [0.15, 0.2) is 0 Å². The van der Waals surface area contributed by atoms with Crippen molar-refractivity contribution >= 4 is 5.97 Å². The van der Waals surface area contributed by atoms with Crippen molar-refractivity contribution < 1.29 is 30.3 Å². The van der Waals surface area contributed by atoms with Crippen LogP contribution < -0.4 is 0 Å². The molecule has 15 heavy (non-hydrogen) atoms. The zero-order valence-corrected chi connectivity index (χ0v) is 8.02. The van der Waals surface area contributed by atoms with Gasteiger partial charge in [-0.05, 0) is 0 Å². The molecule has 1 aliphatic rings. The molecule has 1 fully saturated rings. The third-order valence-corrected chi connectivity index (χ3v) is 2.51. The summed E-state index contributed by atoms with van der Waals surface area (Å²) >= 11 is 0. The lowest BCUT2D eigenvalue weighted by Crippen LogP contribution is -2.48. The van der Waals surface area contributed by atoms with E-state index in [-0.39, 0.29) is 6.54 Å². The molecule has 0 aromatic carbocycles. The summed E-state index contributed by atoms with van der Waals surface area (Å²) in [6.45, 7) is -1.02. The van der Waals surface area contributed by atoms with Gasteiger partial charge in [-0.15, -0.1) is 0 Å². The number of carboxylic acid groups (broad SMARTS) is 1. The summed E-state index contributed by atoms with van der Waals surface area (Å²) in [5.74, 6) is -1.12. The molecule has 4 atom stereocenters. The van der Waals surface area contributed by atoms with Crippen molar-refractivity contribution in [2.24, 2.45) is 0 Å². The van der Waals surface area contributed by atoms with Crippen LogP contribution in [0.5, 0.6) is 0 Å². The van der Waals surface area contributed by atoms with E-state index in [0.29, 0.717) is 0 Å². The average Bonchev–Trinajstić information content (AvgIpc) is 2.41. The number of aliphatic carboxylic acids is 1. The van der Waals surface area contributed by atoms with Gasteiger partial charge in [-0.3, -0.25) is 9.69 Å². The summed E-state index contributed by atoms with van der Waals surface area (Å²) in [5, 5.41) is 45.5. The van der Waals surface area contributed by atoms with Crippen molar-refractivity contribution in [1.29, 1.82) is 0 Å². The smallest absolute Gasteiger partial charge is 0.317 e. The zero-order valence-electron chi connectivity index (χ0n) is 8.02. The number of β-amino-alcohol motifs (C(OH)–C–C–N with tert-alkyl or cyclic N) is 1. The SMILES string of the molecule is O=C(O)CN1C[C@@H](O)[C@@H](O)C1[C@@H](O)CO. The Balaban J connectivity index is 2.72. The van der Waals surface area contributed by atoms with Crippen molar-refractivity contribution in [2.75, 3.05) is 19.7 Å². The fraction of sp³-hybridized carbons (Fsp3) is 0.875. The van der Waals surface area contributed by atoms with Gasteiger partial charge in [0.2, 0.25) is 0 Å². The minimum absolute atomic E-state index is 0.0325. The van der Waals surface area contributed by atoms with Crippen molar-refractivity contribution in [1.82, 2.24) is 4.90 Å². The lowest BCUT2D eigenvalue weighted by atomic mass is 10.1. The summed E-state index contributed by atoms with van der Waals surface area (Å²) in [7, 11) is 0. The molecule has 88 valence electrons. The second-order valence-corrected chi connectivity index (χ2v) is 3.62. The van der Waals surface area contributed by atoms with E-state index in [0.717, 1.165) is 0 Å². The summed E-state index contributed by atoms with van der Waals surface area (Å²) < 4.78 is 0. The number of hydrogen-bond acceptors (Lipinski definition) is 6. The van der Waals surface area contributed by atoms with Crippen LogP contribution in [0.4, 0.5) is 0 Å². The van der Waals surface area contributed by atoms with Gasteiger partial charge in [-0.2, -0.15) is 0 Å². The summed E-state index contributed by atoms with van der Waals surface area (Å²) in [5.41, 5.74) is 0. The van der Waals surface area contributed by atoms with E-state index in [4.69, 9.17) is 10.2 Å². The molecule has 0 bridgehead atoms. The molecule has 0 amide bonds. The van der Waals surface area contributed by atoms with Crippen LogP contribution in [-0.2, 0) is 4.79 Å². The van der Waals surface area contributed by atoms with E-state index in [1.54, 1.807) is 0 Å². The van der Waals surface area contributed by atoms with E-state index in [1.807, 2.05) is 0 Å². The summed E-state index contributed by atoms with van der Waals surface area (Å²) in [4.78, 5) is 11.7. The zero-order chi connectivity index (χ0) is 11.6. The third-order valence-electron chi connectivity index (χ3n) is 2.51. The fourth-order valence-electron chi connectivity index (χ4n) is 1.84. The third kappa shape index (κ3) is 2.64. The quantitative estimate of drug-likeness (QED) is 0.339. The maximum absolute atomic E-state index is 10.5. The van der Waals surface area contributed by atoms with Crippen molar-refractivity contribution in [2.45, 2.75) is 24.4 Å². The molecule has 0 aromatic heterocycles. The maximum atomic E-state index is 10.5. The van der Waals surface area contributed by atoms with Gasteiger partial charge in [0.1, 0.15) is 0 Å². The van der Waals surface area contributed by atoms with Crippen molar-refractivity contribution in [3.63, 3.8) is 0 Å². The number of aliphatic hydroxyl groups is 4. The minimum Gasteiger partial charge on any atom is -0.480 e. The highest BCUT2D eigenvalue weighted by molar-refractivity contribution is 5.69. The normalized spacial score (nSPS) is 34.3. The largest absolute Gasteiger partial charge is 0.480 e. The molecule has 7 heteroatoms. The number of carbonyl (C=O) groups is 1. The van der Waals surface area contributed by atoms with Gasteiger partial charge in [0.25, 0.3) is 0 Å². The Hall–Kier alpha value is -0.730. The van der Waals surface area contributed by atoms with Crippen LogP contribution in [0, 0.1) is 0 Å². The average molecular weight is 221 g/mol. The monoisotopic (exact) mass is 221 g/mol. The molecule has 1 aliphatic heterocycles. The molecule has 0 aliphatic carbocycles. The molecule has 5 N–H and O–H groups in total. The number of likely N-dealkylation sites (tertiary alicyclic amines) is 1. The fourth-order valence-corrected chi connectivity index (χ4v) is 1.84. The molecular formula is C8H15NO6. The van der Waals surface area contributed by atoms with Crippen LogP contribution in [0.2, 0.25) is 0 Å². The maximum Gasteiger partial charge on any atom is 0.317 e.